The SMILES string of the molecule is CCCN(c1nc(C)ncc1N(C)C(C)=O)C1CCCC1. The molecule has 1 aliphatic carbocycles. The number of anilines is 2. The van der Waals surface area contributed by atoms with Crippen LogP contribution < -0.4 is 9.80 Å². The first-order valence-corrected chi connectivity index (χ1v) is 7.89. The predicted octanol–water partition coefficient (Wildman–Crippen LogP) is 2.93. The number of amides is 1. The van der Waals surface area contributed by atoms with Crippen molar-refractivity contribution in [1.29, 1.82) is 0 Å². The molecule has 0 bridgehead atoms. The second-order valence-electron chi connectivity index (χ2n) is 5.84. The molecule has 0 saturated heterocycles. The first kappa shape index (κ1) is 15.7. The first-order chi connectivity index (χ1) is 10.0. The number of aromatic nitrogens is 2. The maximum Gasteiger partial charge on any atom is 0.223 e. The molecule has 116 valence electrons. The Morgan fingerprint density at radius 2 is 2.05 bits per heavy atom. The quantitative estimate of drug-likeness (QED) is 0.836. The highest BCUT2D eigenvalue weighted by atomic mass is 16.2. The molecule has 1 heterocycles. The number of aryl methyl sites for hydroxylation is 1. The lowest BCUT2D eigenvalue weighted by Gasteiger charge is -2.33. The number of nitrogens with zero attached hydrogens (tertiary/aromatic N) is 4. The van der Waals surface area contributed by atoms with Crippen LogP contribution in [0, 0.1) is 6.92 Å². The van der Waals surface area contributed by atoms with Crippen LogP contribution in [0.5, 0.6) is 0 Å². The number of carbonyl (C=O) groups excluding carboxylic acids is 1. The van der Waals surface area contributed by atoms with Crippen LogP contribution >= 0.6 is 0 Å². The molecule has 1 aliphatic rings. The summed E-state index contributed by atoms with van der Waals surface area (Å²) < 4.78 is 0. The molecule has 5 nitrogen and oxygen atoms in total. The van der Waals surface area contributed by atoms with E-state index in [2.05, 4.69) is 21.8 Å². The van der Waals surface area contributed by atoms with Crippen molar-refractivity contribution < 1.29 is 4.79 Å². The molecule has 1 aromatic rings. The van der Waals surface area contributed by atoms with Gasteiger partial charge in [-0.2, -0.15) is 0 Å². The second-order valence-corrected chi connectivity index (χ2v) is 5.84. The van der Waals surface area contributed by atoms with Crippen molar-refractivity contribution in [3.8, 4) is 0 Å². The van der Waals surface area contributed by atoms with Crippen molar-refractivity contribution in [2.24, 2.45) is 0 Å². The Morgan fingerprint density at radius 3 is 2.62 bits per heavy atom. The number of carbonyl (C=O) groups is 1. The molecule has 5 heteroatoms. The number of hydrogen-bond acceptors (Lipinski definition) is 4. The molecule has 0 aliphatic heterocycles. The van der Waals surface area contributed by atoms with Gasteiger partial charge >= 0.3 is 0 Å². The third-order valence-corrected chi connectivity index (χ3v) is 4.21. The predicted molar refractivity (Wildman–Crippen MR) is 85.7 cm³/mol. The molecule has 0 spiro atoms. The Morgan fingerprint density at radius 1 is 1.38 bits per heavy atom. The lowest BCUT2D eigenvalue weighted by Crippen LogP contribution is -2.37. The Hall–Kier alpha value is -1.65. The van der Waals surface area contributed by atoms with Crippen LogP contribution in [0.15, 0.2) is 6.20 Å². The van der Waals surface area contributed by atoms with Gasteiger partial charge in [0.1, 0.15) is 11.5 Å². The van der Waals surface area contributed by atoms with E-state index in [9.17, 15) is 4.79 Å². The fourth-order valence-corrected chi connectivity index (χ4v) is 2.99. The lowest BCUT2D eigenvalue weighted by molar-refractivity contribution is -0.116. The van der Waals surface area contributed by atoms with Crippen LogP contribution in [-0.4, -0.2) is 35.5 Å². The Kier molecular flexibility index (Phi) is 5.15. The summed E-state index contributed by atoms with van der Waals surface area (Å²) in [6, 6.07) is 0.540. The fourth-order valence-electron chi connectivity index (χ4n) is 2.99. The van der Waals surface area contributed by atoms with Gasteiger partial charge in [-0.25, -0.2) is 9.97 Å². The number of hydrogen-bond donors (Lipinski definition) is 0. The fraction of sp³-hybridized carbons (Fsp3) is 0.688. The van der Waals surface area contributed by atoms with E-state index in [-0.39, 0.29) is 5.91 Å². The van der Waals surface area contributed by atoms with Gasteiger partial charge in [0.2, 0.25) is 5.91 Å². The van der Waals surface area contributed by atoms with E-state index < -0.39 is 0 Å². The molecule has 1 saturated carbocycles. The molecule has 0 N–H and O–H groups in total. The molecule has 1 amide bonds. The maximum atomic E-state index is 11.7. The van der Waals surface area contributed by atoms with Crippen molar-refractivity contribution in [3.63, 3.8) is 0 Å². The summed E-state index contributed by atoms with van der Waals surface area (Å²) in [5, 5.41) is 0. The van der Waals surface area contributed by atoms with Gasteiger partial charge in [0.15, 0.2) is 5.82 Å². The average Bonchev–Trinajstić information content (AvgIpc) is 2.97. The van der Waals surface area contributed by atoms with Crippen molar-refractivity contribution in [1.82, 2.24) is 9.97 Å². The highest BCUT2D eigenvalue weighted by Gasteiger charge is 2.27. The van der Waals surface area contributed by atoms with Gasteiger partial charge in [-0.15, -0.1) is 0 Å². The summed E-state index contributed by atoms with van der Waals surface area (Å²) in [5.74, 6) is 1.67. The van der Waals surface area contributed by atoms with Gasteiger partial charge in [0.25, 0.3) is 0 Å². The molecule has 2 rings (SSSR count). The van der Waals surface area contributed by atoms with E-state index in [0.29, 0.717) is 6.04 Å². The molecule has 0 radical (unpaired) electrons. The van der Waals surface area contributed by atoms with Crippen molar-refractivity contribution >= 4 is 17.4 Å². The minimum Gasteiger partial charge on any atom is -0.352 e. The van der Waals surface area contributed by atoms with Crippen LogP contribution in [0.25, 0.3) is 0 Å². The Balaban J connectivity index is 2.41. The smallest absolute Gasteiger partial charge is 0.223 e. The highest BCUT2D eigenvalue weighted by Crippen LogP contribution is 2.33. The molecule has 0 atom stereocenters. The molecule has 21 heavy (non-hydrogen) atoms. The zero-order valence-corrected chi connectivity index (χ0v) is 13.6. The van der Waals surface area contributed by atoms with Crippen molar-refractivity contribution in [2.75, 3.05) is 23.4 Å². The summed E-state index contributed by atoms with van der Waals surface area (Å²) in [7, 11) is 1.79. The minimum atomic E-state index is 0.00609. The number of rotatable bonds is 5. The minimum absolute atomic E-state index is 0.00609. The van der Waals surface area contributed by atoms with Gasteiger partial charge < -0.3 is 9.80 Å². The summed E-state index contributed by atoms with van der Waals surface area (Å²) in [4.78, 5) is 24.7. The second kappa shape index (κ2) is 6.87. The molecular formula is C16H26N4O. The van der Waals surface area contributed by atoms with Gasteiger partial charge in [-0.1, -0.05) is 19.8 Å². The van der Waals surface area contributed by atoms with E-state index >= 15 is 0 Å². The molecular weight excluding hydrogens is 264 g/mol. The molecule has 1 fully saturated rings. The zero-order chi connectivity index (χ0) is 15.4. The normalized spacial score (nSPS) is 15.2. The standard InChI is InChI=1S/C16H26N4O/c1-5-10-20(14-8-6-7-9-14)16-15(19(4)13(3)21)11-17-12(2)18-16/h11,14H,5-10H2,1-4H3. The molecule has 0 aromatic carbocycles. The first-order valence-electron chi connectivity index (χ1n) is 7.89. The Bertz CT molecular complexity index is 497. The van der Waals surface area contributed by atoms with Gasteiger partial charge in [-0.3, -0.25) is 4.79 Å². The summed E-state index contributed by atoms with van der Waals surface area (Å²) >= 11 is 0. The average molecular weight is 290 g/mol. The van der Waals surface area contributed by atoms with Crippen LogP contribution in [0.1, 0.15) is 51.8 Å². The molecule has 1 aromatic heterocycles. The van der Waals surface area contributed by atoms with E-state index in [0.717, 1.165) is 30.3 Å². The van der Waals surface area contributed by atoms with E-state index in [4.69, 9.17) is 0 Å². The third kappa shape index (κ3) is 3.52. The maximum absolute atomic E-state index is 11.7. The van der Waals surface area contributed by atoms with E-state index in [1.54, 1.807) is 25.1 Å². The van der Waals surface area contributed by atoms with Crippen LogP contribution in [0.4, 0.5) is 11.5 Å². The molecule has 0 unspecified atom stereocenters. The van der Waals surface area contributed by atoms with Crippen molar-refractivity contribution in [3.05, 3.63) is 12.0 Å². The van der Waals surface area contributed by atoms with E-state index in [1.807, 2.05) is 6.92 Å². The Labute approximate surface area is 127 Å². The van der Waals surface area contributed by atoms with Crippen LogP contribution in [0.2, 0.25) is 0 Å². The highest BCUT2D eigenvalue weighted by molar-refractivity contribution is 5.93. The third-order valence-electron chi connectivity index (χ3n) is 4.21. The summed E-state index contributed by atoms with van der Waals surface area (Å²) in [6.45, 7) is 6.63. The monoisotopic (exact) mass is 290 g/mol. The van der Waals surface area contributed by atoms with E-state index in [1.165, 1.54) is 25.7 Å². The largest absolute Gasteiger partial charge is 0.352 e. The van der Waals surface area contributed by atoms with Gasteiger partial charge in [0.05, 0.1) is 6.20 Å². The van der Waals surface area contributed by atoms with Crippen LogP contribution in [0.3, 0.4) is 0 Å². The summed E-state index contributed by atoms with van der Waals surface area (Å²) in [6.07, 6.45) is 7.84. The van der Waals surface area contributed by atoms with Gasteiger partial charge in [-0.05, 0) is 26.2 Å². The van der Waals surface area contributed by atoms with Crippen LogP contribution in [-0.2, 0) is 4.79 Å². The zero-order valence-electron chi connectivity index (χ0n) is 13.6. The van der Waals surface area contributed by atoms with Gasteiger partial charge in [0, 0.05) is 26.6 Å². The van der Waals surface area contributed by atoms with Crippen molar-refractivity contribution in [2.45, 2.75) is 58.9 Å². The topological polar surface area (TPSA) is 49.3 Å². The lowest BCUT2D eigenvalue weighted by atomic mass is 10.2. The summed E-state index contributed by atoms with van der Waals surface area (Å²) in [5.41, 5.74) is 0.813.